The van der Waals surface area contributed by atoms with Gasteiger partial charge in [0.15, 0.2) is 0 Å². The normalized spacial score (nSPS) is 9.06. The van der Waals surface area contributed by atoms with Gasteiger partial charge in [-0.15, -0.1) is 0 Å². The Morgan fingerprint density at radius 1 is 0.500 bits per heavy atom. The molecule has 0 atom stereocenters. The minimum Gasteiger partial charge on any atom is -0.414 e. The van der Waals surface area contributed by atoms with Gasteiger partial charge in [-0.25, -0.2) is 0 Å². The molecule has 0 aliphatic rings. The quantitative estimate of drug-likeness (QED) is 0.148. The van der Waals surface area contributed by atoms with Crippen LogP contribution in [0.15, 0.2) is 30.3 Å². The van der Waals surface area contributed by atoms with Crippen LogP contribution in [0.2, 0.25) is 33.0 Å². The molecule has 0 unspecified atom stereocenters. The fraction of sp³-hybridized carbons (Fsp3) is 0.818. The van der Waals surface area contributed by atoms with Gasteiger partial charge in [-0.05, 0) is 31.7 Å². The summed E-state index contributed by atoms with van der Waals surface area (Å²) < 4.78 is 64.3. The third-order valence-electron chi connectivity index (χ3n) is 5.50. The molecule has 17 heteroatoms. The molecule has 0 aliphatic carbocycles. The summed E-state index contributed by atoms with van der Waals surface area (Å²) in [6.45, 7) is 11.1. The van der Waals surface area contributed by atoms with E-state index < -0.39 is 33.5 Å². The Kier molecular flexibility index (Phi) is 98.2. The smallest absolute Gasteiger partial charge is 0.414 e. The highest BCUT2D eigenvalue weighted by atomic mass is 31.2. The van der Waals surface area contributed by atoms with Crippen LogP contribution in [0.5, 0.6) is 0 Å². The molecule has 1 aromatic carbocycles. The lowest BCUT2D eigenvalue weighted by molar-refractivity contribution is 0.132. The molecule has 1 aromatic rings. The van der Waals surface area contributed by atoms with Crippen molar-refractivity contribution in [3.8, 4) is 0 Å². The zero-order valence-corrected chi connectivity index (χ0v) is 31.7. The first-order valence-corrected chi connectivity index (χ1v) is 21.5. The van der Waals surface area contributed by atoms with Gasteiger partial charge in [-0.3, -0.25) is 4.57 Å². The van der Waals surface area contributed by atoms with Gasteiger partial charge in [0, 0.05) is 91.4 Å². The molecule has 0 heterocycles. The zero-order chi connectivity index (χ0) is 32.5. The van der Waals surface area contributed by atoms with Gasteiger partial charge >= 0.3 is 40.6 Å². The van der Waals surface area contributed by atoms with E-state index in [1.807, 2.05) is 63.3 Å². The largest absolute Gasteiger partial charge is 0.496 e. The van der Waals surface area contributed by atoms with Crippen LogP contribution in [0.3, 0.4) is 0 Å². The van der Waals surface area contributed by atoms with Crippen LogP contribution in [0.25, 0.3) is 0 Å². The summed E-state index contributed by atoms with van der Waals surface area (Å²) in [5, 5.41) is 1.16. The van der Waals surface area contributed by atoms with Gasteiger partial charge in [0.05, 0.1) is 0 Å². The standard InChI is InChI=1S/C9H14O2Si.C4H12O3Si.C4H12O2Si.C3H9BO2.C3H9O3P.10CH4/c1-10-12(3,11-2)9-7-5-4-6-8-9;1-5-8(4,6-2)7-3;1-5-7(3,4)6-2;1-4(5-2)6-3;1-5-7(3,4)6-2;;;;;;;;;;/h4-8H,1-3H3;1-4H3;1-4H3;1-3H3;1-3H3;10*1H4. The Morgan fingerprint density at radius 3 is 0.880 bits per heavy atom. The maximum absolute atomic E-state index is 10.5. The zero-order valence-electron chi connectivity index (χ0n) is 27.8. The fourth-order valence-corrected chi connectivity index (χ4v) is 3.82. The van der Waals surface area contributed by atoms with Gasteiger partial charge in [0.2, 0.25) is 0 Å². The lowest BCUT2D eigenvalue weighted by atomic mass is 9.96. The molecule has 0 aliphatic heterocycles. The Hall–Kier alpha value is -0.274. The van der Waals surface area contributed by atoms with Crippen LogP contribution < -0.4 is 5.19 Å². The van der Waals surface area contributed by atoms with E-state index in [9.17, 15) is 4.57 Å². The molecule has 0 aromatic heterocycles. The van der Waals surface area contributed by atoms with Crippen molar-refractivity contribution in [2.75, 3.05) is 84.9 Å². The highest BCUT2D eigenvalue weighted by Crippen LogP contribution is 2.40. The van der Waals surface area contributed by atoms with Crippen LogP contribution in [0.1, 0.15) is 74.3 Å². The lowest BCUT2D eigenvalue weighted by Gasteiger charge is -2.22. The van der Waals surface area contributed by atoms with Crippen molar-refractivity contribution in [1.82, 2.24) is 0 Å². The van der Waals surface area contributed by atoms with Crippen LogP contribution in [-0.2, 0) is 53.9 Å². The van der Waals surface area contributed by atoms with Crippen LogP contribution in [-0.4, -0.2) is 118 Å². The first-order valence-electron chi connectivity index (χ1n) is 12.1. The first kappa shape index (κ1) is 92.5. The molecule has 1 rings (SSSR count). The minimum absolute atomic E-state index is 0. The van der Waals surface area contributed by atoms with Gasteiger partial charge in [-0.2, -0.15) is 0 Å². The molecule has 0 spiro atoms. The molecular weight excluding hydrogens is 714 g/mol. The molecular formula is C33H96BO12PSi3. The Morgan fingerprint density at radius 2 is 0.780 bits per heavy atom. The van der Waals surface area contributed by atoms with E-state index in [0.29, 0.717) is 0 Å². The second-order valence-corrected chi connectivity index (χ2v) is 20.3. The predicted octanol–water partition coefficient (Wildman–Crippen LogP) is 10.6. The second-order valence-electron chi connectivity index (χ2n) is 8.18. The average Bonchev–Trinajstić information content (AvgIpc) is 3.01. The van der Waals surface area contributed by atoms with E-state index in [2.05, 4.69) is 18.4 Å². The molecule has 0 saturated carbocycles. The SMILES string of the molecule is C.C.C.C.C.C.C.C.C.C.COB(C)OC.COP(C)(=O)OC.CO[Si](C)(C)OC.CO[Si](C)(OC)OC.CO[Si](C)(OC)c1ccccc1. The number of benzene rings is 1. The molecule has 0 N–H and O–H groups in total. The number of hydrogen-bond acceptors (Lipinski definition) is 12. The maximum Gasteiger partial charge on any atom is 0.496 e. The van der Waals surface area contributed by atoms with Crippen molar-refractivity contribution >= 4 is 45.8 Å². The van der Waals surface area contributed by atoms with E-state index in [1.165, 1.54) is 20.9 Å². The van der Waals surface area contributed by atoms with Crippen molar-refractivity contribution in [3.05, 3.63) is 30.3 Å². The van der Waals surface area contributed by atoms with Gasteiger partial charge in [0.1, 0.15) is 0 Å². The molecule has 50 heavy (non-hydrogen) atoms. The Bertz CT molecular complexity index is 711. The molecule has 0 amide bonds. The van der Waals surface area contributed by atoms with E-state index in [4.69, 9.17) is 31.0 Å². The third-order valence-corrected chi connectivity index (χ3v) is 14.0. The van der Waals surface area contributed by atoms with Crippen molar-refractivity contribution in [3.63, 3.8) is 0 Å². The number of rotatable bonds is 12. The highest BCUT2D eigenvalue weighted by Gasteiger charge is 2.31. The Labute approximate surface area is 321 Å². The third kappa shape index (κ3) is 52.1. The van der Waals surface area contributed by atoms with Crippen molar-refractivity contribution < 1.29 is 53.9 Å². The number of hydrogen-bond donors (Lipinski definition) is 0. The molecule has 12 nitrogen and oxygen atoms in total. The second kappa shape index (κ2) is 53.1. The summed E-state index contributed by atoms with van der Waals surface area (Å²) in [6.07, 6.45) is 0. The van der Waals surface area contributed by atoms with Crippen LogP contribution in [0.4, 0.5) is 0 Å². The van der Waals surface area contributed by atoms with E-state index >= 15 is 0 Å². The average molecular weight is 811 g/mol. The molecule has 0 bridgehead atoms. The van der Waals surface area contributed by atoms with E-state index in [-0.39, 0.29) is 81.4 Å². The summed E-state index contributed by atoms with van der Waals surface area (Å²) in [5.74, 6) is 0. The van der Waals surface area contributed by atoms with E-state index in [1.54, 1.807) is 64.0 Å². The summed E-state index contributed by atoms with van der Waals surface area (Å²) in [5.41, 5.74) is 0. The molecule has 0 fully saturated rings. The fourth-order valence-electron chi connectivity index (χ4n) is 1.56. The molecule has 0 saturated heterocycles. The van der Waals surface area contributed by atoms with Crippen molar-refractivity contribution in [1.29, 1.82) is 0 Å². The van der Waals surface area contributed by atoms with Gasteiger partial charge < -0.3 is 49.3 Å². The van der Waals surface area contributed by atoms with Crippen LogP contribution in [0, 0.1) is 0 Å². The van der Waals surface area contributed by atoms with Gasteiger partial charge in [0.25, 0.3) is 0 Å². The topological polar surface area (TPSA) is 119 Å². The van der Waals surface area contributed by atoms with E-state index in [0.717, 1.165) is 5.19 Å². The highest BCUT2D eigenvalue weighted by molar-refractivity contribution is 7.52. The van der Waals surface area contributed by atoms with Crippen molar-refractivity contribution in [2.24, 2.45) is 0 Å². The summed E-state index contributed by atoms with van der Waals surface area (Å²) in [4.78, 5) is 0. The van der Waals surface area contributed by atoms with Crippen LogP contribution >= 0.6 is 7.60 Å². The van der Waals surface area contributed by atoms with Crippen molar-refractivity contribution in [2.45, 2.75) is 107 Å². The lowest BCUT2D eigenvalue weighted by Crippen LogP contribution is -2.49. The predicted molar refractivity (Wildman–Crippen MR) is 236 cm³/mol. The first-order chi connectivity index (χ1) is 18.5. The van der Waals surface area contributed by atoms with Gasteiger partial charge in [-0.1, -0.05) is 105 Å². The monoisotopic (exact) mass is 811 g/mol. The molecule has 0 radical (unpaired) electrons. The maximum atomic E-state index is 10.5. The summed E-state index contributed by atoms with van der Waals surface area (Å²) >= 11 is 0. The molecule has 320 valence electrons. The summed E-state index contributed by atoms with van der Waals surface area (Å²) in [6, 6.07) is 10.1. The summed E-state index contributed by atoms with van der Waals surface area (Å²) in [7, 11) is 8.79. The Balaban J connectivity index is -0.0000000263. The minimum atomic E-state index is -2.65.